The van der Waals surface area contributed by atoms with E-state index in [1.807, 2.05) is 24.3 Å². The number of rotatable bonds is 10. The van der Waals surface area contributed by atoms with Gasteiger partial charge in [-0.15, -0.1) is 0 Å². The monoisotopic (exact) mass is 306 g/mol. The van der Waals surface area contributed by atoms with Crippen molar-refractivity contribution in [2.24, 2.45) is 5.92 Å². The van der Waals surface area contributed by atoms with Gasteiger partial charge in [-0.25, -0.2) is 0 Å². The summed E-state index contributed by atoms with van der Waals surface area (Å²) in [7, 11) is 0. The molecule has 1 amide bonds. The molecule has 0 bridgehead atoms. The molecule has 2 N–H and O–H groups in total. The number of ether oxygens (including phenoxy) is 1. The second-order valence-corrected chi connectivity index (χ2v) is 6.05. The average molecular weight is 306 g/mol. The highest BCUT2D eigenvalue weighted by molar-refractivity contribution is 5.91. The van der Waals surface area contributed by atoms with Crippen molar-refractivity contribution in [1.82, 2.24) is 5.32 Å². The van der Waals surface area contributed by atoms with E-state index >= 15 is 0 Å². The first-order valence-electron chi connectivity index (χ1n) is 8.23. The van der Waals surface area contributed by atoms with Gasteiger partial charge in [-0.1, -0.05) is 39.0 Å². The van der Waals surface area contributed by atoms with Crippen LogP contribution in [-0.4, -0.2) is 25.2 Å². The first-order valence-corrected chi connectivity index (χ1v) is 8.23. The molecule has 22 heavy (non-hydrogen) atoms. The van der Waals surface area contributed by atoms with E-state index in [4.69, 9.17) is 4.74 Å². The summed E-state index contributed by atoms with van der Waals surface area (Å²) in [6, 6.07) is 7.89. The lowest BCUT2D eigenvalue weighted by Crippen LogP contribution is -2.19. The van der Waals surface area contributed by atoms with E-state index in [0.29, 0.717) is 18.9 Å². The lowest BCUT2D eigenvalue weighted by Gasteiger charge is -2.15. The maximum absolute atomic E-state index is 12.0. The summed E-state index contributed by atoms with van der Waals surface area (Å²) in [6.45, 7) is 10.6. The summed E-state index contributed by atoms with van der Waals surface area (Å²) < 4.78 is 5.68. The number of hydrogen-bond acceptors (Lipinski definition) is 3. The highest BCUT2D eigenvalue weighted by Crippen LogP contribution is 2.15. The molecule has 0 saturated heterocycles. The minimum Gasteiger partial charge on any atom is -0.378 e. The molecule has 0 saturated carbocycles. The van der Waals surface area contributed by atoms with Crippen molar-refractivity contribution >= 4 is 11.6 Å². The summed E-state index contributed by atoms with van der Waals surface area (Å²) in [4.78, 5) is 12.0. The topological polar surface area (TPSA) is 50.4 Å². The van der Waals surface area contributed by atoms with Gasteiger partial charge >= 0.3 is 0 Å². The molecular weight excluding hydrogens is 276 g/mol. The summed E-state index contributed by atoms with van der Waals surface area (Å²) >= 11 is 0. The maximum Gasteiger partial charge on any atom is 0.226 e. The van der Waals surface area contributed by atoms with E-state index < -0.39 is 0 Å². The van der Waals surface area contributed by atoms with E-state index in [1.54, 1.807) is 0 Å². The quantitative estimate of drug-likeness (QED) is 0.695. The Bertz CT molecular complexity index is 446. The van der Waals surface area contributed by atoms with Gasteiger partial charge < -0.3 is 15.4 Å². The van der Waals surface area contributed by atoms with Crippen LogP contribution in [0.2, 0.25) is 0 Å². The first kappa shape index (κ1) is 18.7. The van der Waals surface area contributed by atoms with E-state index in [2.05, 4.69) is 38.3 Å². The predicted molar refractivity (Wildman–Crippen MR) is 91.9 cm³/mol. The van der Waals surface area contributed by atoms with Crippen LogP contribution in [0.25, 0.3) is 0 Å². The van der Waals surface area contributed by atoms with Gasteiger partial charge in [0.15, 0.2) is 0 Å². The molecule has 124 valence electrons. The summed E-state index contributed by atoms with van der Waals surface area (Å²) in [5.41, 5.74) is 1.98. The minimum atomic E-state index is 0.000644. The van der Waals surface area contributed by atoms with Crippen LogP contribution in [-0.2, 0) is 16.1 Å². The Labute approximate surface area is 134 Å². The van der Waals surface area contributed by atoms with E-state index in [1.165, 1.54) is 0 Å². The van der Waals surface area contributed by atoms with Crippen LogP contribution in [0.1, 0.15) is 46.1 Å². The van der Waals surface area contributed by atoms with Gasteiger partial charge in [0.05, 0.1) is 19.1 Å². The van der Waals surface area contributed by atoms with Gasteiger partial charge in [-0.3, -0.25) is 4.79 Å². The third kappa shape index (κ3) is 7.57. The zero-order valence-corrected chi connectivity index (χ0v) is 14.3. The molecule has 0 heterocycles. The Balaban J connectivity index is 2.39. The number of carbonyl (C=O) groups excluding carboxylic acids is 1. The Morgan fingerprint density at radius 3 is 2.64 bits per heavy atom. The van der Waals surface area contributed by atoms with Gasteiger partial charge in [-0.2, -0.15) is 0 Å². The molecule has 0 spiro atoms. The van der Waals surface area contributed by atoms with Crippen LogP contribution in [0, 0.1) is 5.92 Å². The first-order chi connectivity index (χ1) is 10.5. The molecule has 0 aliphatic carbocycles. The molecule has 1 aromatic rings. The van der Waals surface area contributed by atoms with Gasteiger partial charge in [0, 0.05) is 12.2 Å². The lowest BCUT2D eigenvalue weighted by molar-refractivity contribution is -0.117. The predicted octanol–water partition coefficient (Wildman–Crippen LogP) is 3.58. The van der Waals surface area contributed by atoms with Crippen molar-refractivity contribution in [3.05, 3.63) is 29.8 Å². The van der Waals surface area contributed by atoms with Crippen molar-refractivity contribution in [3.63, 3.8) is 0 Å². The normalized spacial score (nSPS) is 12.4. The molecule has 1 aromatic carbocycles. The van der Waals surface area contributed by atoms with Gasteiger partial charge in [0.25, 0.3) is 0 Å². The van der Waals surface area contributed by atoms with Crippen molar-refractivity contribution in [3.8, 4) is 0 Å². The second-order valence-electron chi connectivity index (χ2n) is 6.05. The standard InChI is InChI=1S/C18H30N2O2/c1-5-19-13-16-8-6-7-9-17(16)20-18(21)10-11-22-15(4)12-14(2)3/h6-9,14-15,19H,5,10-13H2,1-4H3,(H,20,21). The molecule has 1 unspecified atom stereocenters. The molecule has 0 aliphatic heterocycles. The Hall–Kier alpha value is -1.39. The smallest absolute Gasteiger partial charge is 0.226 e. The number of amides is 1. The SMILES string of the molecule is CCNCc1ccccc1NC(=O)CCOC(C)CC(C)C. The van der Waals surface area contributed by atoms with E-state index in [-0.39, 0.29) is 12.0 Å². The molecular formula is C18H30N2O2. The van der Waals surface area contributed by atoms with Crippen LogP contribution >= 0.6 is 0 Å². The Morgan fingerprint density at radius 2 is 1.95 bits per heavy atom. The van der Waals surface area contributed by atoms with Crippen molar-refractivity contribution in [2.75, 3.05) is 18.5 Å². The lowest BCUT2D eigenvalue weighted by atomic mass is 10.1. The molecule has 1 atom stereocenters. The fourth-order valence-corrected chi connectivity index (χ4v) is 2.35. The minimum absolute atomic E-state index is 0.000644. The third-order valence-electron chi connectivity index (χ3n) is 3.39. The largest absolute Gasteiger partial charge is 0.378 e. The van der Waals surface area contributed by atoms with Gasteiger partial charge in [0.2, 0.25) is 5.91 Å². The van der Waals surface area contributed by atoms with Crippen molar-refractivity contribution in [1.29, 1.82) is 0 Å². The van der Waals surface area contributed by atoms with Crippen LogP contribution in [0.4, 0.5) is 5.69 Å². The number of nitrogens with one attached hydrogen (secondary N) is 2. The molecule has 0 fully saturated rings. The molecule has 1 rings (SSSR count). The zero-order chi connectivity index (χ0) is 16.4. The number of hydrogen-bond donors (Lipinski definition) is 2. The Kier molecular flexibility index (Phi) is 8.78. The number of anilines is 1. The molecule has 4 nitrogen and oxygen atoms in total. The van der Waals surface area contributed by atoms with Crippen LogP contribution in [0.5, 0.6) is 0 Å². The van der Waals surface area contributed by atoms with E-state index in [9.17, 15) is 4.79 Å². The third-order valence-corrected chi connectivity index (χ3v) is 3.39. The summed E-state index contributed by atoms with van der Waals surface area (Å²) in [6.07, 6.45) is 1.61. The average Bonchev–Trinajstić information content (AvgIpc) is 2.45. The summed E-state index contributed by atoms with van der Waals surface area (Å²) in [5.74, 6) is 0.613. The highest BCUT2D eigenvalue weighted by atomic mass is 16.5. The Morgan fingerprint density at radius 1 is 1.23 bits per heavy atom. The van der Waals surface area contributed by atoms with Crippen molar-refractivity contribution < 1.29 is 9.53 Å². The molecule has 4 heteroatoms. The molecule has 0 aromatic heterocycles. The molecule has 0 aliphatic rings. The van der Waals surface area contributed by atoms with Crippen molar-refractivity contribution in [2.45, 2.75) is 53.2 Å². The fraction of sp³-hybridized carbons (Fsp3) is 0.611. The van der Waals surface area contributed by atoms with E-state index in [0.717, 1.165) is 30.8 Å². The maximum atomic E-state index is 12.0. The number of para-hydroxylation sites is 1. The highest BCUT2D eigenvalue weighted by Gasteiger charge is 2.09. The van der Waals surface area contributed by atoms with Crippen LogP contribution < -0.4 is 10.6 Å². The zero-order valence-electron chi connectivity index (χ0n) is 14.3. The number of carbonyl (C=O) groups is 1. The second kappa shape index (κ2) is 10.4. The number of benzene rings is 1. The van der Waals surface area contributed by atoms with Crippen LogP contribution in [0.15, 0.2) is 24.3 Å². The van der Waals surface area contributed by atoms with Gasteiger partial charge in [-0.05, 0) is 37.4 Å². The molecule has 0 radical (unpaired) electrons. The fourth-order valence-electron chi connectivity index (χ4n) is 2.35. The van der Waals surface area contributed by atoms with Gasteiger partial charge in [0.1, 0.15) is 0 Å². The van der Waals surface area contributed by atoms with Crippen LogP contribution in [0.3, 0.4) is 0 Å². The summed E-state index contributed by atoms with van der Waals surface area (Å²) in [5, 5.41) is 6.25.